The number of hydrogen-bond acceptors (Lipinski definition) is 4. The van der Waals surface area contributed by atoms with Crippen LogP contribution in [0.1, 0.15) is 39.2 Å². The number of rotatable bonds is 7. The molecule has 0 saturated carbocycles. The van der Waals surface area contributed by atoms with Crippen molar-refractivity contribution in [1.29, 1.82) is 0 Å². The van der Waals surface area contributed by atoms with Crippen LogP contribution in [0.2, 0.25) is 0 Å². The number of epoxide rings is 1. The lowest BCUT2D eigenvalue weighted by Gasteiger charge is -2.14. The first-order valence-corrected chi connectivity index (χ1v) is 7.51. The van der Waals surface area contributed by atoms with Crippen LogP contribution in [-0.2, 0) is 20.7 Å². The second-order valence-electron chi connectivity index (χ2n) is 5.58. The van der Waals surface area contributed by atoms with Crippen molar-refractivity contribution in [3.63, 3.8) is 0 Å². The molecule has 0 amide bonds. The second kappa shape index (κ2) is 6.06. The normalized spacial score (nSPS) is 27.2. The van der Waals surface area contributed by atoms with Gasteiger partial charge in [-0.2, -0.15) is 0 Å². The van der Waals surface area contributed by atoms with Crippen LogP contribution in [0.15, 0.2) is 24.3 Å². The highest BCUT2D eigenvalue weighted by Crippen LogP contribution is 2.53. The van der Waals surface area contributed by atoms with E-state index in [1.807, 2.05) is 45.0 Å². The lowest BCUT2D eigenvalue weighted by molar-refractivity contribution is -0.149. The first kappa shape index (κ1) is 15.8. The van der Waals surface area contributed by atoms with E-state index in [9.17, 15) is 4.79 Å². The Morgan fingerprint density at radius 3 is 2.43 bits per heavy atom. The Morgan fingerprint density at radius 2 is 1.90 bits per heavy atom. The lowest BCUT2D eigenvalue weighted by atomic mass is 9.87. The third-order valence-corrected chi connectivity index (χ3v) is 4.36. The first-order valence-electron chi connectivity index (χ1n) is 7.51. The van der Waals surface area contributed by atoms with Gasteiger partial charge in [-0.15, -0.1) is 0 Å². The molecular formula is C17H24O4. The zero-order valence-corrected chi connectivity index (χ0v) is 13.3. The molecular weight excluding hydrogens is 268 g/mol. The van der Waals surface area contributed by atoms with Gasteiger partial charge in [0.15, 0.2) is 5.60 Å². The topological polar surface area (TPSA) is 48.1 Å². The highest BCUT2D eigenvalue weighted by Gasteiger charge is 2.71. The lowest BCUT2D eigenvalue weighted by Crippen LogP contribution is -2.34. The summed E-state index contributed by atoms with van der Waals surface area (Å²) in [5.74, 6) is 0.617. The molecule has 1 aliphatic rings. The number of carbonyl (C=O) groups is 1. The van der Waals surface area contributed by atoms with E-state index in [-0.39, 0.29) is 5.97 Å². The molecule has 4 nitrogen and oxygen atoms in total. The summed E-state index contributed by atoms with van der Waals surface area (Å²) in [6.45, 7) is 6.17. The predicted molar refractivity (Wildman–Crippen MR) is 80.5 cm³/mol. The molecule has 1 heterocycles. The van der Waals surface area contributed by atoms with E-state index in [0.29, 0.717) is 13.0 Å². The van der Waals surface area contributed by atoms with Gasteiger partial charge in [-0.05, 0) is 50.8 Å². The summed E-state index contributed by atoms with van der Waals surface area (Å²) in [6.07, 6.45) is 2.30. The van der Waals surface area contributed by atoms with Crippen LogP contribution in [0.25, 0.3) is 0 Å². The molecule has 4 heteroatoms. The van der Waals surface area contributed by atoms with Gasteiger partial charge in [-0.3, -0.25) is 0 Å². The van der Waals surface area contributed by atoms with E-state index in [1.165, 1.54) is 5.56 Å². The maximum absolute atomic E-state index is 12.1. The molecule has 0 bridgehead atoms. The van der Waals surface area contributed by atoms with E-state index in [1.54, 1.807) is 7.11 Å². The fourth-order valence-corrected chi connectivity index (χ4v) is 2.88. The molecule has 0 N–H and O–H groups in total. The first-order chi connectivity index (χ1) is 10.0. The van der Waals surface area contributed by atoms with Crippen LogP contribution in [0.4, 0.5) is 0 Å². The third-order valence-electron chi connectivity index (χ3n) is 4.36. The number of aryl methyl sites for hydroxylation is 1. The Labute approximate surface area is 126 Å². The molecule has 2 rings (SSSR count). The van der Waals surface area contributed by atoms with Crippen molar-refractivity contribution < 1.29 is 19.0 Å². The molecule has 0 aromatic heterocycles. The van der Waals surface area contributed by atoms with Gasteiger partial charge < -0.3 is 14.2 Å². The Morgan fingerprint density at radius 1 is 1.24 bits per heavy atom. The van der Waals surface area contributed by atoms with Crippen LogP contribution in [-0.4, -0.2) is 30.9 Å². The number of benzene rings is 1. The zero-order chi connectivity index (χ0) is 15.5. The monoisotopic (exact) mass is 292 g/mol. The average molecular weight is 292 g/mol. The SMILES string of the molecule is CCOC(=O)C1(CC)OC1(C)CCc1ccc(OC)cc1. The van der Waals surface area contributed by atoms with Gasteiger partial charge in [0.2, 0.25) is 0 Å². The number of methoxy groups -OCH3 is 1. The molecule has 2 atom stereocenters. The van der Waals surface area contributed by atoms with Crippen LogP contribution < -0.4 is 4.74 Å². The molecule has 21 heavy (non-hydrogen) atoms. The molecule has 1 saturated heterocycles. The minimum atomic E-state index is -0.754. The maximum atomic E-state index is 12.1. The molecule has 116 valence electrons. The summed E-state index contributed by atoms with van der Waals surface area (Å²) in [5, 5.41) is 0. The van der Waals surface area contributed by atoms with Gasteiger partial charge in [-0.25, -0.2) is 4.79 Å². The Bertz CT molecular complexity index is 496. The highest BCUT2D eigenvalue weighted by atomic mass is 16.7. The standard InChI is InChI=1S/C17H24O4/c1-5-17(15(18)20-6-2)16(3,21-17)12-11-13-7-9-14(19-4)10-8-13/h7-10H,5-6,11-12H2,1-4H3. The van der Waals surface area contributed by atoms with E-state index in [4.69, 9.17) is 14.2 Å². The number of ether oxygens (including phenoxy) is 3. The van der Waals surface area contributed by atoms with Crippen molar-refractivity contribution in [1.82, 2.24) is 0 Å². The minimum absolute atomic E-state index is 0.232. The summed E-state index contributed by atoms with van der Waals surface area (Å²) < 4.78 is 16.1. The Kier molecular flexibility index (Phi) is 4.57. The van der Waals surface area contributed by atoms with Gasteiger partial charge in [-0.1, -0.05) is 19.1 Å². The van der Waals surface area contributed by atoms with Crippen LogP contribution in [0, 0.1) is 0 Å². The quantitative estimate of drug-likeness (QED) is 0.572. The molecule has 0 spiro atoms. The van der Waals surface area contributed by atoms with Crippen molar-refractivity contribution >= 4 is 5.97 Å². The fraction of sp³-hybridized carbons (Fsp3) is 0.588. The molecule has 1 aromatic carbocycles. The van der Waals surface area contributed by atoms with Crippen LogP contribution in [0.3, 0.4) is 0 Å². The number of hydrogen-bond donors (Lipinski definition) is 0. The van der Waals surface area contributed by atoms with E-state index < -0.39 is 11.2 Å². The van der Waals surface area contributed by atoms with Gasteiger partial charge in [0, 0.05) is 0 Å². The summed E-state index contributed by atoms with van der Waals surface area (Å²) in [7, 11) is 1.66. The second-order valence-corrected chi connectivity index (χ2v) is 5.58. The minimum Gasteiger partial charge on any atom is -0.497 e. The molecule has 1 fully saturated rings. The van der Waals surface area contributed by atoms with Gasteiger partial charge in [0.1, 0.15) is 11.4 Å². The number of carbonyl (C=O) groups excluding carboxylic acids is 1. The molecule has 1 aromatic rings. The predicted octanol–water partition coefficient (Wildman–Crippen LogP) is 3.13. The van der Waals surface area contributed by atoms with Gasteiger partial charge in [0.25, 0.3) is 0 Å². The van der Waals surface area contributed by atoms with Crippen molar-refractivity contribution in [3.05, 3.63) is 29.8 Å². The summed E-state index contributed by atoms with van der Waals surface area (Å²) in [6, 6.07) is 7.98. The number of esters is 1. The average Bonchev–Trinajstić information content (AvgIpc) is 3.13. The Hall–Kier alpha value is -1.55. The molecule has 0 radical (unpaired) electrons. The van der Waals surface area contributed by atoms with Gasteiger partial charge >= 0.3 is 5.97 Å². The summed E-state index contributed by atoms with van der Waals surface area (Å²) in [5.41, 5.74) is 0.0324. The van der Waals surface area contributed by atoms with Crippen LogP contribution >= 0.6 is 0 Å². The van der Waals surface area contributed by atoms with Gasteiger partial charge in [0.05, 0.1) is 13.7 Å². The molecule has 2 unspecified atom stereocenters. The smallest absolute Gasteiger partial charge is 0.341 e. The third kappa shape index (κ3) is 2.91. The Balaban J connectivity index is 1.97. The summed E-state index contributed by atoms with van der Waals surface area (Å²) in [4.78, 5) is 12.1. The van der Waals surface area contributed by atoms with E-state index in [2.05, 4.69) is 0 Å². The van der Waals surface area contributed by atoms with E-state index in [0.717, 1.165) is 18.6 Å². The van der Waals surface area contributed by atoms with Crippen molar-refractivity contribution in [2.24, 2.45) is 0 Å². The van der Waals surface area contributed by atoms with Crippen molar-refractivity contribution in [3.8, 4) is 5.75 Å². The summed E-state index contributed by atoms with van der Waals surface area (Å²) >= 11 is 0. The van der Waals surface area contributed by atoms with Crippen molar-refractivity contribution in [2.75, 3.05) is 13.7 Å². The largest absolute Gasteiger partial charge is 0.497 e. The zero-order valence-electron chi connectivity index (χ0n) is 13.3. The molecule has 1 aliphatic heterocycles. The van der Waals surface area contributed by atoms with E-state index >= 15 is 0 Å². The fourth-order valence-electron chi connectivity index (χ4n) is 2.88. The maximum Gasteiger partial charge on any atom is 0.341 e. The van der Waals surface area contributed by atoms with Crippen LogP contribution in [0.5, 0.6) is 5.75 Å². The highest BCUT2D eigenvalue weighted by molar-refractivity contribution is 5.84. The van der Waals surface area contributed by atoms with Crippen molar-refractivity contribution in [2.45, 2.75) is 51.2 Å². The molecule has 0 aliphatic carbocycles.